The molecule has 0 bridgehead atoms. The van der Waals surface area contributed by atoms with Gasteiger partial charge in [-0.2, -0.15) is 0 Å². The number of para-hydroxylation sites is 1. The number of carbonyl (C=O) groups excluding carboxylic acids is 1. The zero-order chi connectivity index (χ0) is 17.4. The Morgan fingerprint density at radius 1 is 1.08 bits per heavy atom. The molecule has 0 N–H and O–H groups in total. The van der Waals surface area contributed by atoms with E-state index in [-0.39, 0.29) is 11.1 Å². The summed E-state index contributed by atoms with van der Waals surface area (Å²) < 4.78 is 1.77. The monoisotopic (exact) mass is 331 g/mol. The van der Waals surface area contributed by atoms with E-state index < -0.39 is 0 Å². The second kappa shape index (κ2) is 6.32. The Morgan fingerprint density at radius 2 is 1.88 bits per heavy atom. The predicted octanol–water partition coefficient (Wildman–Crippen LogP) is 3.93. The first-order chi connectivity index (χ1) is 12.2. The summed E-state index contributed by atoms with van der Waals surface area (Å²) in [7, 11) is 0. The molecule has 4 rings (SSSR count). The minimum absolute atomic E-state index is 0.181. The van der Waals surface area contributed by atoms with Gasteiger partial charge < -0.3 is 4.57 Å². The second-order valence-corrected chi connectivity index (χ2v) is 7.07. The molecule has 1 heterocycles. The third-order valence-electron chi connectivity index (χ3n) is 5.30. The number of aryl methyl sites for hydroxylation is 2. The van der Waals surface area contributed by atoms with E-state index in [1.54, 1.807) is 10.6 Å². The first-order valence-electron chi connectivity index (χ1n) is 8.82. The van der Waals surface area contributed by atoms with Crippen molar-refractivity contribution in [1.29, 1.82) is 0 Å². The molecular formula is C22H21NO2. The Bertz CT molecular complexity index is 1020. The van der Waals surface area contributed by atoms with Crippen LogP contribution in [0.5, 0.6) is 0 Å². The minimum atomic E-state index is -0.181. The number of hydrogen-bond donors (Lipinski definition) is 0. The molecule has 2 aromatic carbocycles. The third-order valence-corrected chi connectivity index (χ3v) is 5.30. The average Bonchev–Trinajstić information content (AvgIpc) is 3.02. The fourth-order valence-corrected chi connectivity index (χ4v) is 4.01. The van der Waals surface area contributed by atoms with Crippen LogP contribution in [0.15, 0.2) is 53.3 Å². The number of benzene rings is 2. The lowest BCUT2D eigenvalue weighted by Gasteiger charge is -2.14. The van der Waals surface area contributed by atoms with Crippen molar-refractivity contribution in [3.05, 3.63) is 81.1 Å². The number of aldehydes is 1. The molecule has 1 aliphatic rings. The Kier molecular flexibility index (Phi) is 4.00. The Balaban J connectivity index is 1.61. The fraction of sp³-hybridized carbons (Fsp3) is 0.273. The van der Waals surface area contributed by atoms with Gasteiger partial charge in [0, 0.05) is 6.54 Å². The molecular weight excluding hydrogens is 310 g/mol. The molecule has 1 unspecified atom stereocenters. The smallest absolute Gasteiger partial charge is 0.261 e. The van der Waals surface area contributed by atoms with Crippen LogP contribution < -0.4 is 5.56 Å². The van der Waals surface area contributed by atoms with Crippen molar-refractivity contribution < 1.29 is 4.79 Å². The van der Waals surface area contributed by atoms with Gasteiger partial charge in [-0.05, 0) is 60.7 Å². The van der Waals surface area contributed by atoms with Gasteiger partial charge in [0.05, 0.1) is 11.1 Å². The maximum atomic E-state index is 12.6. The fourth-order valence-electron chi connectivity index (χ4n) is 4.01. The molecule has 1 aromatic heterocycles. The van der Waals surface area contributed by atoms with Gasteiger partial charge in [0.15, 0.2) is 6.29 Å². The van der Waals surface area contributed by atoms with E-state index in [0.717, 1.165) is 30.2 Å². The van der Waals surface area contributed by atoms with Crippen LogP contribution in [0.25, 0.3) is 10.9 Å². The van der Waals surface area contributed by atoms with Gasteiger partial charge in [-0.25, -0.2) is 0 Å². The highest BCUT2D eigenvalue weighted by Crippen LogP contribution is 2.30. The van der Waals surface area contributed by atoms with E-state index in [4.69, 9.17) is 0 Å². The van der Waals surface area contributed by atoms with Crippen molar-refractivity contribution in [2.75, 3.05) is 0 Å². The van der Waals surface area contributed by atoms with Crippen molar-refractivity contribution >= 4 is 17.2 Å². The second-order valence-electron chi connectivity index (χ2n) is 7.07. The number of nitrogens with zero attached hydrogens (tertiary/aromatic N) is 1. The molecule has 126 valence electrons. The number of pyridine rings is 1. The van der Waals surface area contributed by atoms with Crippen LogP contribution in [0.1, 0.15) is 33.5 Å². The average molecular weight is 331 g/mol. The Morgan fingerprint density at radius 3 is 2.72 bits per heavy atom. The van der Waals surface area contributed by atoms with E-state index in [0.29, 0.717) is 18.7 Å². The summed E-state index contributed by atoms with van der Waals surface area (Å²) in [5.41, 5.74) is 5.16. The summed E-state index contributed by atoms with van der Waals surface area (Å²) in [6, 6.07) is 16.2. The molecule has 3 heteroatoms. The number of carbonyl (C=O) groups is 1. The highest BCUT2D eigenvalue weighted by Gasteiger charge is 2.21. The normalized spacial score (nSPS) is 16.1. The lowest BCUT2D eigenvalue weighted by atomic mass is 10.0. The van der Waals surface area contributed by atoms with E-state index in [1.165, 1.54) is 16.7 Å². The van der Waals surface area contributed by atoms with Gasteiger partial charge in [0.2, 0.25) is 0 Å². The number of aromatic nitrogens is 1. The summed E-state index contributed by atoms with van der Waals surface area (Å²) in [5.74, 6) is 0.558. The molecule has 3 aromatic rings. The van der Waals surface area contributed by atoms with Crippen molar-refractivity contribution in [1.82, 2.24) is 4.57 Å². The first-order valence-corrected chi connectivity index (χ1v) is 8.82. The SMILES string of the molecule is Cc1ccc2c(c1)CC(CCn1c(=O)c(C=O)cc3ccccc31)C2. The van der Waals surface area contributed by atoms with Crippen LogP contribution in [0.3, 0.4) is 0 Å². The number of rotatable bonds is 4. The van der Waals surface area contributed by atoms with Crippen LogP contribution in [0, 0.1) is 12.8 Å². The van der Waals surface area contributed by atoms with Crippen LogP contribution >= 0.6 is 0 Å². The van der Waals surface area contributed by atoms with Gasteiger partial charge in [0.1, 0.15) is 0 Å². The zero-order valence-electron chi connectivity index (χ0n) is 14.4. The van der Waals surface area contributed by atoms with Crippen molar-refractivity contribution in [3.63, 3.8) is 0 Å². The van der Waals surface area contributed by atoms with Crippen LogP contribution in [0.4, 0.5) is 0 Å². The maximum Gasteiger partial charge on any atom is 0.261 e. The standard InChI is InChI=1S/C22H21NO2/c1-15-6-7-17-11-16(12-19(17)10-15)8-9-23-21-5-3-2-4-18(21)13-20(14-24)22(23)25/h2-7,10,13-14,16H,8-9,11-12H2,1H3. The van der Waals surface area contributed by atoms with Crippen LogP contribution in [-0.2, 0) is 19.4 Å². The van der Waals surface area contributed by atoms with Gasteiger partial charge in [-0.1, -0.05) is 42.0 Å². The summed E-state index contributed by atoms with van der Waals surface area (Å²) >= 11 is 0. The van der Waals surface area contributed by atoms with E-state index in [1.807, 2.05) is 24.3 Å². The maximum absolute atomic E-state index is 12.6. The molecule has 1 atom stereocenters. The van der Waals surface area contributed by atoms with E-state index in [2.05, 4.69) is 25.1 Å². The lowest BCUT2D eigenvalue weighted by molar-refractivity contribution is 0.112. The Hall–Kier alpha value is -2.68. The number of hydrogen-bond acceptors (Lipinski definition) is 2. The highest BCUT2D eigenvalue weighted by atomic mass is 16.1. The predicted molar refractivity (Wildman–Crippen MR) is 100 cm³/mol. The highest BCUT2D eigenvalue weighted by molar-refractivity contribution is 5.86. The molecule has 3 nitrogen and oxygen atoms in total. The van der Waals surface area contributed by atoms with Crippen molar-refractivity contribution in [2.45, 2.75) is 32.7 Å². The third kappa shape index (κ3) is 2.91. The quantitative estimate of drug-likeness (QED) is 0.680. The largest absolute Gasteiger partial charge is 0.308 e. The summed E-state index contributed by atoms with van der Waals surface area (Å²) in [5, 5.41) is 0.939. The van der Waals surface area contributed by atoms with Gasteiger partial charge in [-0.3, -0.25) is 9.59 Å². The van der Waals surface area contributed by atoms with Gasteiger partial charge in [0.25, 0.3) is 5.56 Å². The summed E-state index contributed by atoms with van der Waals surface area (Å²) in [6.07, 6.45) is 3.77. The molecule has 0 amide bonds. The first kappa shape index (κ1) is 15.8. The molecule has 0 saturated heterocycles. The minimum Gasteiger partial charge on any atom is -0.308 e. The van der Waals surface area contributed by atoms with Gasteiger partial charge >= 0.3 is 0 Å². The lowest BCUT2D eigenvalue weighted by Crippen LogP contribution is -2.25. The molecule has 25 heavy (non-hydrogen) atoms. The molecule has 0 fully saturated rings. The molecule has 0 spiro atoms. The summed E-state index contributed by atoms with van der Waals surface area (Å²) in [4.78, 5) is 23.9. The zero-order valence-corrected chi connectivity index (χ0v) is 14.4. The van der Waals surface area contributed by atoms with Crippen LogP contribution in [-0.4, -0.2) is 10.9 Å². The topological polar surface area (TPSA) is 39.1 Å². The Labute approximate surface area is 146 Å². The molecule has 1 aliphatic carbocycles. The van der Waals surface area contributed by atoms with Crippen LogP contribution in [0.2, 0.25) is 0 Å². The molecule has 0 aliphatic heterocycles. The van der Waals surface area contributed by atoms with E-state index in [9.17, 15) is 9.59 Å². The summed E-state index contributed by atoms with van der Waals surface area (Å²) in [6.45, 7) is 2.78. The molecule has 0 radical (unpaired) electrons. The van der Waals surface area contributed by atoms with Crippen molar-refractivity contribution in [2.24, 2.45) is 5.92 Å². The van der Waals surface area contributed by atoms with Gasteiger partial charge in [-0.15, -0.1) is 0 Å². The molecule has 0 saturated carbocycles. The van der Waals surface area contributed by atoms with E-state index >= 15 is 0 Å². The number of fused-ring (bicyclic) bond motifs is 2. The van der Waals surface area contributed by atoms with Crippen molar-refractivity contribution in [3.8, 4) is 0 Å².